The van der Waals surface area contributed by atoms with E-state index in [2.05, 4.69) is 10.3 Å². The Bertz CT molecular complexity index is 1100. The standard InChI is InChI=1S/C22H21N3O4/c1-16-7-9-19-24-18(13-21(27)25(19)14-16)15-29-22(28)11-12-23-20(26)10-8-17-5-3-2-4-6-17/h2-10,13-14H,11-12,15H2,1H3,(H,23,26)/b10-8+. The van der Waals surface area contributed by atoms with E-state index in [4.69, 9.17) is 4.74 Å². The van der Waals surface area contributed by atoms with E-state index in [9.17, 15) is 14.4 Å². The third-order valence-electron chi connectivity index (χ3n) is 4.10. The van der Waals surface area contributed by atoms with Crippen molar-refractivity contribution in [2.45, 2.75) is 20.0 Å². The zero-order chi connectivity index (χ0) is 20.6. The number of hydrogen-bond donors (Lipinski definition) is 1. The van der Waals surface area contributed by atoms with Gasteiger partial charge in [0, 0.05) is 24.9 Å². The van der Waals surface area contributed by atoms with Crippen LogP contribution < -0.4 is 10.9 Å². The molecule has 3 rings (SSSR count). The number of carbonyl (C=O) groups excluding carboxylic acids is 2. The van der Waals surface area contributed by atoms with Gasteiger partial charge in [0.05, 0.1) is 12.1 Å². The van der Waals surface area contributed by atoms with Gasteiger partial charge < -0.3 is 10.1 Å². The molecular formula is C22H21N3O4. The second-order valence-corrected chi connectivity index (χ2v) is 6.47. The maximum Gasteiger partial charge on any atom is 0.307 e. The molecule has 0 radical (unpaired) electrons. The van der Waals surface area contributed by atoms with Crippen molar-refractivity contribution >= 4 is 23.6 Å². The summed E-state index contributed by atoms with van der Waals surface area (Å²) in [5.74, 6) is -0.774. The fourth-order valence-corrected chi connectivity index (χ4v) is 2.64. The van der Waals surface area contributed by atoms with E-state index in [0.717, 1.165) is 11.1 Å². The highest BCUT2D eigenvalue weighted by Crippen LogP contribution is 2.04. The lowest BCUT2D eigenvalue weighted by molar-refractivity contribution is -0.144. The van der Waals surface area contributed by atoms with Gasteiger partial charge in [0.1, 0.15) is 12.3 Å². The predicted octanol–water partition coefficient (Wildman–Crippen LogP) is 2.27. The molecule has 0 atom stereocenters. The fraction of sp³-hybridized carbons (Fsp3) is 0.182. The summed E-state index contributed by atoms with van der Waals surface area (Å²) in [6.07, 6.45) is 4.83. The quantitative estimate of drug-likeness (QED) is 0.493. The molecule has 1 N–H and O–H groups in total. The summed E-state index contributed by atoms with van der Waals surface area (Å²) >= 11 is 0. The lowest BCUT2D eigenvalue weighted by Crippen LogP contribution is -2.24. The van der Waals surface area contributed by atoms with E-state index >= 15 is 0 Å². The Balaban J connectivity index is 1.45. The monoisotopic (exact) mass is 391 g/mol. The van der Waals surface area contributed by atoms with Crippen molar-refractivity contribution in [1.82, 2.24) is 14.7 Å². The molecule has 0 saturated heterocycles. The second-order valence-electron chi connectivity index (χ2n) is 6.47. The van der Waals surface area contributed by atoms with E-state index in [1.54, 1.807) is 18.3 Å². The molecular weight excluding hydrogens is 370 g/mol. The van der Waals surface area contributed by atoms with Gasteiger partial charge in [-0.25, -0.2) is 4.98 Å². The summed E-state index contributed by atoms with van der Waals surface area (Å²) < 4.78 is 6.59. The molecule has 0 spiro atoms. The minimum Gasteiger partial charge on any atom is -0.459 e. The predicted molar refractivity (Wildman–Crippen MR) is 109 cm³/mol. The topological polar surface area (TPSA) is 89.8 Å². The summed E-state index contributed by atoms with van der Waals surface area (Å²) in [7, 11) is 0. The number of hydrogen-bond acceptors (Lipinski definition) is 5. The highest BCUT2D eigenvalue weighted by atomic mass is 16.5. The summed E-state index contributed by atoms with van der Waals surface area (Å²) in [6, 6.07) is 14.4. The maximum atomic E-state index is 12.1. The zero-order valence-electron chi connectivity index (χ0n) is 16.0. The van der Waals surface area contributed by atoms with Gasteiger partial charge in [-0.1, -0.05) is 36.4 Å². The molecule has 7 nitrogen and oxygen atoms in total. The molecule has 1 amide bonds. The first kappa shape index (κ1) is 20.0. The van der Waals surface area contributed by atoms with E-state index in [0.29, 0.717) is 11.3 Å². The first-order valence-electron chi connectivity index (χ1n) is 9.17. The Morgan fingerprint density at radius 1 is 1.17 bits per heavy atom. The van der Waals surface area contributed by atoms with Crippen LogP contribution in [0, 0.1) is 6.92 Å². The van der Waals surface area contributed by atoms with Gasteiger partial charge in [0.25, 0.3) is 5.56 Å². The van der Waals surface area contributed by atoms with Gasteiger partial charge in [-0.05, 0) is 30.2 Å². The molecule has 148 valence electrons. The molecule has 0 aliphatic heterocycles. The van der Waals surface area contributed by atoms with Gasteiger partial charge in [-0.2, -0.15) is 0 Å². The number of ether oxygens (including phenoxy) is 1. The number of benzene rings is 1. The Hall–Kier alpha value is -3.74. The molecule has 1 aromatic carbocycles. The molecule has 0 fully saturated rings. The van der Waals surface area contributed by atoms with Crippen LogP contribution in [0.3, 0.4) is 0 Å². The van der Waals surface area contributed by atoms with Crippen LogP contribution in [-0.2, 0) is 20.9 Å². The summed E-state index contributed by atoms with van der Waals surface area (Å²) in [4.78, 5) is 40.1. The zero-order valence-corrected chi connectivity index (χ0v) is 16.0. The molecule has 29 heavy (non-hydrogen) atoms. The van der Waals surface area contributed by atoms with Crippen molar-refractivity contribution in [3.63, 3.8) is 0 Å². The number of amides is 1. The van der Waals surface area contributed by atoms with Crippen molar-refractivity contribution in [3.8, 4) is 0 Å². The lowest BCUT2D eigenvalue weighted by Gasteiger charge is -2.07. The average molecular weight is 391 g/mol. The second kappa shape index (κ2) is 9.45. The van der Waals surface area contributed by atoms with Crippen molar-refractivity contribution in [3.05, 3.63) is 88.0 Å². The summed E-state index contributed by atoms with van der Waals surface area (Å²) in [6.45, 7) is 1.95. The highest BCUT2D eigenvalue weighted by molar-refractivity contribution is 5.91. The molecule has 0 unspecified atom stereocenters. The average Bonchev–Trinajstić information content (AvgIpc) is 2.72. The first-order valence-corrected chi connectivity index (χ1v) is 9.17. The van der Waals surface area contributed by atoms with Gasteiger partial charge in [-0.3, -0.25) is 18.8 Å². The van der Waals surface area contributed by atoms with E-state index in [-0.39, 0.29) is 31.0 Å². The summed E-state index contributed by atoms with van der Waals surface area (Å²) in [5.41, 5.74) is 2.49. The Morgan fingerprint density at radius 2 is 1.97 bits per heavy atom. The number of nitrogens with one attached hydrogen (secondary N) is 1. The molecule has 3 aromatic rings. The van der Waals surface area contributed by atoms with E-state index in [1.807, 2.05) is 43.3 Å². The normalized spacial score (nSPS) is 10.9. The van der Waals surface area contributed by atoms with Crippen LogP contribution in [-0.4, -0.2) is 27.8 Å². The Morgan fingerprint density at radius 3 is 2.76 bits per heavy atom. The number of rotatable bonds is 7. The Kier molecular flexibility index (Phi) is 6.52. The third-order valence-corrected chi connectivity index (χ3v) is 4.10. The molecule has 2 heterocycles. The number of pyridine rings is 1. The van der Waals surface area contributed by atoms with Crippen LogP contribution in [0.5, 0.6) is 0 Å². The molecule has 0 aliphatic carbocycles. The molecule has 2 aromatic heterocycles. The Labute approximate surface area is 167 Å². The third kappa shape index (κ3) is 5.87. The molecule has 7 heteroatoms. The van der Waals surface area contributed by atoms with Crippen LogP contribution in [0.2, 0.25) is 0 Å². The smallest absolute Gasteiger partial charge is 0.307 e. The largest absolute Gasteiger partial charge is 0.459 e. The lowest BCUT2D eigenvalue weighted by atomic mass is 10.2. The minimum atomic E-state index is -0.483. The summed E-state index contributed by atoms with van der Waals surface area (Å²) in [5, 5.41) is 2.63. The SMILES string of the molecule is Cc1ccc2nc(COC(=O)CCNC(=O)/C=C/c3ccccc3)cc(=O)n2c1. The first-order chi connectivity index (χ1) is 14.0. The van der Waals surface area contributed by atoms with E-state index in [1.165, 1.54) is 16.5 Å². The van der Waals surface area contributed by atoms with Crippen molar-refractivity contribution in [2.75, 3.05) is 6.54 Å². The van der Waals surface area contributed by atoms with Crippen LogP contribution in [0.15, 0.2) is 65.6 Å². The number of aryl methyl sites for hydroxylation is 1. The van der Waals surface area contributed by atoms with Crippen LogP contribution in [0.25, 0.3) is 11.7 Å². The number of carbonyl (C=O) groups is 2. The number of esters is 1. The number of fused-ring (bicyclic) bond motifs is 1. The number of aromatic nitrogens is 2. The van der Waals surface area contributed by atoms with E-state index < -0.39 is 5.97 Å². The maximum absolute atomic E-state index is 12.1. The van der Waals surface area contributed by atoms with Crippen LogP contribution in [0.4, 0.5) is 0 Å². The molecule has 0 saturated carbocycles. The van der Waals surface area contributed by atoms with Gasteiger partial charge in [0.15, 0.2) is 0 Å². The van der Waals surface area contributed by atoms with Gasteiger partial charge in [0.2, 0.25) is 5.91 Å². The van der Waals surface area contributed by atoms with Crippen molar-refractivity contribution < 1.29 is 14.3 Å². The highest BCUT2D eigenvalue weighted by Gasteiger charge is 2.07. The van der Waals surface area contributed by atoms with Crippen molar-refractivity contribution in [2.24, 2.45) is 0 Å². The van der Waals surface area contributed by atoms with Gasteiger partial charge in [-0.15, -0.1) is 0 Å². The molecule has 0 bridgehead atoms. The van der Waals surface area contributed by atoms with Gasteiger partial charge >= 0.3 is 5.97 Å². The number of nitrogens with zero attached hydrogens (tertiary/aromatic N) is 2. The fourth-order valence-electron chi connectivity index (χ4n) is 2.64. The van der Waals surface area contributed by atoms with Crippen LogP contribution in [0.1, 0.15) is 23.2 Å². The van der Waals surface area contributed by atoms with Crippen molar-refractivity contribution in [1.29, 1.82) is 0 Å². The minimum absolute atomic E-state index is 0.0245. The van der Waals surface area contributed by atoms with Crippen LogP contribution >= 0.6 is 0 Å². The molecule has 0 aliphatic rings.